The van der Waals surface area contributed by atoms with E-state index in [1.807, 2.05) is 19.1 Å². The van der Waals surface area contributed by atoms with Gasteiger partial charge < -0.3 is 10.0 Å². The van der Waals surface area contributed by atoms with Crippen LogP contribution in [-0.4, -0.2) is 35.0 Å². The summed E-state index contributed by atoms with van der Waals surface area (Å²) < 4.78 is 0. The van der Waals surface area contributed by atoms with Crippen LogP contribution >= 0.6 is 0 Å². The first-order valence-electron chi connectivity index (χ1n) is 6.30. The number of hydrogen-bond donors (Lipinski definition) is 1. The molecule has 0 aromatic heterocycles. The molecule has 6 nitrogen and oxygen atoms in total. The molecule has 1 amide bonds. The van der Waals surface area contributed by atoms with Crippen molar-refractivity contribution in [2.24, 2.45) is 17.8 Å². The average Bonchev–Trinajstić information content (AvgIpc) is 2.82. The number of carboxylic acids is 1. The van der Waals surface area contributed by atoms with Crippen LogP contribution in [0, 0.1) is 40.4 Å². The van der Waals surface area contributed by atoms with E-state index < -0.39 is 17.8 Å². The van der Waals surface area contributed by atoms with Gasteiger partial charge in [0.2, 0.25) is 5.91 Å². The Hall–Kier alpha value is -2.08. The third-order valence-electron chi connectivity index (χ3n) is 3.71. The summed E-state index contributed by atoms with van der Waals surface area (Å²) in [6, 6.07) is 3.67. The first-order valence-corrected chi connectivity index (χ1v) is 6.30. The molecule has 0 heterocycles. The smallest absolute Gasteiger partial charge is 0.307 e. The summed E-state index contributed by atoms with van der Waals surface area (Å²) in [5.74, 6) is -2.43. The van der Waals surface area contributed by atoms with Crippen molar-refractivity contribution < 1.29 is 14.7 Å². The van der Waals surface area contributed by atoms with Crippen LogP contribution in [0.2, 0.25) is 0 Å². The summed E-state index contributed by atoms with van der Waals surface area (Å²) in [6.07, 6.45) is 1.86. The lowest BCUT2D eigenvalue weighted by Crippen LogP contribution is -2.39. The molecule has 0 spiro atoms. The van der Waals surface area contributed by atoms with Gasteiger partial charge in [0.25, 0.3) is 0 Å². The monoisotopic (exact) mass is 263 g/mol. The van der Waals surface area contributed by atoms with E-state index in [9.17, 15) is 14.7 Å². The normalized spacial score (nSPS) is 25.3. The Kier molecular flexibility index (Phi) is 5.32. The predicted molar refractivity (Wildman–Crippen MR) is 65.4 cm³/mol. The van der Waals surface area contributed by atoms with Crippen molar-refractivity contribution in [2.45, 2.75) is 26.2 Å². The van der Waals surface area contributed by atoms with Gasteiger partial charge in [-0.2, -0.15) is 10.5 Å². The van der Waals surface area contributed by atoms with E-state index >= 15 is 0 Å². The molecule has 0 aromatic rings. The van der Waals surface area contributed by atoms with Gasteiger partial charge in [-0.05, 0) is 18.8 Å². The van der Waals surface area contributed by atoms with Crippen LogP contribution in [0.4, 0.5) is 0 Å². The second kappa shape index (κ2) is 6.75. The predicted octanol–water partition coefficient (Wildman–Crippen LogP) is 0.999. The van der Waals surface area contributed by atoms with E-state index in [1.165, 1.54) is 0 Å². The molecular weight excluding hydrogens is 246 g/mol. The number of carbonyl (C=O) groups excluding carboxylic acids is 1. The van der Waals surface area contributed by atoms with Crippen molar-refractivity contribution >= 4 is 11.9 Å². The van der Waals surface area contributed by atoms with Gasteiger partial charge in [0.05, 0.1) is 24.0 Å². The quantitative estimate of drug-likeness (QED) is 0.745. The third kappa shape index (κ3) is 3.45. The van der Waals surface area contributed by atoms with Gasteiger partial charge >= 0.3 is 5.97 Å². The van der Waals surface area contributed by atoms with Crippen LogP contribution < -0.4 is 0 Å². The molecule has 1 fully saturated rings. The molecule has 1 N–H and O–H groups in total. The van der Waals surface area contributed by atoms with Gasteiger partial charge in [0, 0.05) is 0 Å². The number of hydrogen-bond acceptors (Lipinski definition) is 4. The zero-order valence-electron chi connectivity index (χ0n) is 10.9. The molecule has 102 valence electrons. The van der Waals surface area contributed by atoms with E-state index in [-0.39, 0.29) is 24.9 Å². The van der Waals surface area contributed by atoms with Crippen LogP contribution in [0.5, 0.6) is 0 Å². The van der Waals surface area contributed by atoms with Crippen molar-refractivity contribution in [3.8, 4) is 12.1 Å². The number of amides is 1. The maximum Gasteiger partial charge on any atom is 0.307 e. The number of nitriles is 2. The van der Waals surface area contributed by atoms with E-state index in [4.69, 9.17) is 10.5 Å². The van der Waals surface area contributed by atoms with E-state index in [0.717, 1.165) is 11.3 Å². The van der Waals surface area contributed by atoms with Crippen LogP contribution in [0.3, 0.4) is 0 Å². The number of carbonyl (C=O) groups is 2. The first kappa shape index (κ1) is 15.0. The van der Waals surface area contributed by atoms with Gasteiger partial charge in [-0.3, -0.25) is 9.59 Å². The summed E-state index contributed by atoms with van der Waals surface area (Å²) in [4.78, 5) is 24.6. The van der Waals surface area contributed by atoms with Crippen molar-refractivity contribution in [1.82, 2.24) is 4.90 Å². The van der Waals surface area contributed by atoms with Crippen LogP contribution in [0.25, 0.3) is 0 Å². The molecule has 1 aliphatic rings. The fraction of sp³-hybridized carbons (Fsp3) is 0.692. The van der Waals surface area contributed by atoms with Gasteiger partial charge in [-0.15, -0.1) is 0 Å². The zero-order valence-corrected chi connectivity index (χ0v) is 10.9. The van der Waals surface area contributed by atoms with Crippen molar-refractivity contribution in [2.75, 3.05) is 13.1 Å². The summed E-state index contributed by atoms with van der Waals surface area (Å²) in [7, 11) is 0. The Balaban J connectivity index is 2.86. The largest absolute Gasteiger partial charge is 0.481 e. The maximum atomic E-state index is 12.3. The van der Waals surface area contributed by atoms with E-state index in [0.29, 0.717) is 12.8 Å². The summed E-state index contributed by atoms with van der Waals surface area (Å²) in [6.45, 7) is 1.62. The van der Waals surface area contributed by atoms with Gasteiger partial charge in [0.1, 0.15) is 13.1 Å². The zero-order chi connectivity index (χ0) is 14.4. The molecule has 0 radical (unpaired) electrons. The molecule has 0 saturated heterocycles. The highest BCUT2D eigenvalue weighted by Gasteiger charge is 2.43. The second-order valence-corrected chi connectivity index (χ2v) is 4.81. The maximum absolute atomic E-state index is 12.3. The Morgan fingerprint density at radius 2 is 1.74 bits per heavy atom. The number of aliphatic carboxylic acids is 1. The lowest BCUT2D eigenvalue weighted by molar-refractivity contribution is -0.148. The van der Waals surface area contributed by atoms with Crippen LogP contribution in [0.1, 0.15) is 26.2 Å². The van der Waals surface area contributed by atoms with E-state index in [1.54, 1.807) is 0 Å². The van der Waals surface area contributed by atoms with Crippen LogP contribution in [-0.2, 0) is 9.59 Å². The fourth-order valence-corrected chi connectivity index (χ4v) is 2.64. The van der Waals surface area contributed by atoms with Crippen molar-refractivity contribution in [1.29, 1.82) is 10.5 Å². The van der Waals surface area contributed by atoms with Crippen LogP contribution in [0.15, 0.2) is 0 Å². The molecule has 3 unspecified atom stereocenters. The average molecular weight is 263 g/mol. The van der Waals surface area contributed by atoms with Crippen molar-refractivity contribution in [3.63, 3.8) is 0 Å². The lowest BCUT2D eigenvalue weighted by Gasteiger charge is -2.22. The molecule has 1 rings (SSSR count). The summed E-state index contributed by atoms with van der Waals surface area (Å²) in [5.41, 5.74) is 0. The SMILES string of the molecule is CCC1CC(C(=O)O)C(C(=O)N(CC#N)CC#N)C1. The Labute approximate surface area is 112 Å². The first-order chi connectivity index (χ1) is 9.04. The fourth-order valence-electron chi connectivity index (χ4n) is 2.64. The summed E-state index contributed by atoms with van der Waals surface area (Å²) >= 11 is 0. The highest BCUT2D eigenvalue weighted by atomic mass is 16.4. The summed E-state index contributed by atoms with van der Waals surface area (Å²) in [5, 5.41) is 26.5. The van der Waals surface area contributed by atoms with Crippen molar-refractivity contribution in [3.05, 3.63) is 0 Å². The molecule has 6 heteroatoms. The van der Waals surface area contributed by atoms with E-state index in [2.05, 4.69) is 0 Å². The highest BCUT2D eigenvalue weighted by Crippen LogP contribution is 2.39. The molecule has 3 atom stereocenters. The Morgan fingerprint density at radius 1 is 1.21 bits per heavy atom. The molecule has 0 aliphatic heterocycles. The standard InChI is InChI=1S/C13H17N3O3/c1-2-9-7-10(11(8-9)13(18)19)12(17)16(5-3-14)6-4-15/h9-11H,2,5-8H2,1H3,(H,18,19). The minimum atomic E-state index is -0.969. The van der Waals surface area contributed by atoms with Gasteiger partial charge in [-0.25, -0.2) is 0 Å². The number of carboxylic acid groups (broad SMARTS) is 1. The Bertz CT molecular complexity index is 419. The molecular formula is C13H17N3O3. The molecule has 0 bridgehead atoms. The molecule has 1 saturated carbocycles. The minimum absolute atomic E-state index is 0.175. The van der Waals surface area contributed by atoms with Gasteiger partial charge in [-0.1, -0.05) is 13.3 Å². The van der Waals surface area contributed by atoms with Gasteiger partial charge in [0.15, 0.2) is 0 Å². The molecule has 0 aromatic carbocycles. The molecule has 1 aliphatic carbocycles. The second-order valence-electron chi connectivity index (χ2n) is 4.81. The topological polar surface area (TPSA) is 105 Å². The number of nitrogens with zero attached hydrogens (tertiary/aromatic N) is 3. The molecule has 19 heavy (non-hydrogen) atoms. The highest BCUT2D eigenvalue weighted by molar-refractivity contribution is 5.85. The third-order valence-corrected chi connectivity index (χ3v) is 3.71. The minimum Gasteiger partial charge on any atom is -0.481 e. The number of rotatable bonds is 5. The lowest BCUT2D eigenvalue weighted by atomic mass is 9.94. The Morgan fingerprint density at radius 3 is 2.16 bits per heavy atom.